The first-order valence-electron chi connectivity index (χ1n) is 12.3. The van der Waals surface area contributed by atoms with Crippen molar-refractivity contribution in [1.82, 2.24) is 15.0 Å². The molecule has 3 rings (SSSR count). The minimum atomic E-state index is -4.09. The SMILES string of the molecule is CC(C)C[C@@H](C(=O)NCC(=O)CNS(=O)(=O)c1ccccc1OCc1ccccc1)[N+](=C=O)c1ccncc1. The molecule has 10 nitrogen and oxygen atoms in total. The third-order valence-corrected chi connectivity index (χ3v) is 7.08. The van der Waals surface area contributed by atoms with E-state index in [0.29, 0.717) is 12.1 Å². The van der Waals surface area contributed by atoms with Gasteiger partial charge < -0.3 is 10.1 Å². The number of nitrogens with one attached hydrogen (secondary N) is 2. The van der Waals surface area contributed by atoms with Gasteiger partial charge in [-0.3, -0.25) is 14.6 Å². The number of benzene rings is 2. The van der Waals surface area contributed by atoms with E-state index in [1.807, 2.05) is 44.2 Å². The summed E-state index contributed by atoms with van der Waals surface area (Å²) >= 11 is 0. The Balaban J connectivity index is 1.61. The molecule has 0 aliphatic rings. The second-order valence-electron chi connectivity index (χ2n) is 9.11. The number of amides is 1. The lowest BCUT2D eigenvalue weighted by atomic mass is 10.0. The Morgan fingerprint density at radius 3 is 2.31 bits per heavy atom. The monoisotopic (exact) mass is 551 g/mol. The number of Topliss-reactive ketones (excluding diaryl/α,β-unsaturated/α-hetero) is 1. The summed E-state index contributed by atoms with van der Waals surface area (Å²) < 4.78 is 35.0. The predicted octanol–water partition coefficient (Wildman–Crippen LogP) is 2.72. The lowest BCUT2D eigenvalue weighted by Crippen LogP contribution is -2.44. The van der Waals surface area contributed by atoms with E-state index in [4.69, 9.17) is 4.74 Å². The Morgan fingerprint density at radius 1 is 0.974 bits per heavy atom. The highest BCUT2D eigenvalue weighted by molar-refractivity contribution is 7.89. The summed E-state index contributed by atoms with van der Waals surface area (Å²) in [5.41, 5.74) is 1.31. The summed E-state index contributed by atoms with van der Waals surface area (Å²) in [7, 11) is -4.09. The zero-order valence-corrected chi connectivity index (χ0v) is 22.6. The highest BCUT2D eigenvalue weighted by Crippen LogP contribution is 2.24. The van der Waals surface area contributed by atoms with Gasteiger partial charge in [-0.1, -0.05) is 56.3 Å². The van der Waals surface area contributed by atoms with Crippen LogP contribution in [0.3, 0.4) is 0 Å². The molecule has 11 heteroatoms. The van der Waals surface area contributed by atoms with Crippen molar-refractivity contribution >= 4 is 33.5 Å². The van der Waals surface area contributed by atoms with Crippen LogP contribution in [0.15, 0.2) is 84.0 Å². The number of isocyanates is 1. The Bertz CT molecular complexity index is 1420. The molecule has 1 heterocycles. The van der Waals surface area contributed by atoms with Crippen molar-refractivity contribution in [2.75, 3.05) is 13.1 Å². The molecule has 0 aliphatic carbocycles. The van der Waals surface area contributed by atoms with Crippen LogP contribution in [0.2, 0.25) is 0 Å². The van der Waals surface area contributed by atoms with Crippen LogP contribution in [-0.4, -0.2) is 54.9 Å². The standard InChI is InChI=1S/C28H30N4O6S/c1-21(2)16-25(32(20-33)23-12-14-29-15-13-23)28(35)30-17-24(34)18-31-39(36,37)27-11-7-6-10-26(27)38-19-22-8-4-3-5-9-22/h3-15,21,25,31H,16-19H2,1-2H3/p+1/t25-/m0/s1. The van der Waals surface area contributed by atoms with Gasteiger partial charge in [-0.15, -0.1) is 4.58 Å². The highest BCUT2D eigenvalue weighted by atomic mass is 32.2. The third kappa shape index (κ3) is 8.68. The molecule has 0 unspecified atom stereocenters. The summed E-state index contributed by atoms with van der Waals surface area (Å²) in [6, 6.07) is 17.7. The van der Waals surface area contributed by atoms with Crippen LogP contribution in [0, 0.1) is 5.92 Å². The van der Waals surface area contributed by atoms with E-state index >= 15 is 0 Å². The minimum absolute atomic E-state index is 0.0603. The Kier molecular flexibility index (Phi) is 10.6. The minimum Gasteiger partial charge on any atom is -0.487 e. The number of carbonyl (C=O) groups excluding carboxylic acids is 3. The number of ether oxygens (including phenoxy) is 1. The number of aromatic nitrogens is 1. The third-order valence-electron chi connectivity index (χ3n) is 5.64. The molecular weight excluding hydrogens is 520 g/mol. The molecular formula is C28H31N4O6S+. The van der Waals surface area contributed by atoms with Crippen LogP contribution in [0.1, 0.15) is 25.8 Å². The van der Waals surface area contributed by atoms with Crippen LogP contribution in [0.5, 0.6) is 5.75 Å². The number of rotatable bonds is 14. The average molecular weight is 552 g/mol. The van der Waals surface area contributed by atoms with Crippen molar-refractivity contribution in [1.29, 1.82) is 0 Å². The van der Waals surface area contributed by atoms with Crippen molar-refractivity contribution in [3.8, 4) is 5.75 Å². The predicted molar refractivity (Wildman–Crippen MR) is 144 cm³/mol. The number of hydrogen-bond acceptors (Lipinski definition) is 7. The molecule has 1 amide bonds. The summed E-state index contributed by atoms with van der Waals surface area (Å²) in [5, 5.41) is 2.51. The van der Waals surface area contributed by atoms with Gasteiger partial charge in [0.2, 0.25) is 21.8 Å². The summed E-state index contributed by atoms with van der Waals surface area (Å²) in [4.78, 5) is 41.0. The van der Waals surface area contributed by atoms with Crippen LogP contribution in [-0.2, 0) is 31.0 Å². The Morgan fingerprint density at radius 2 is 1.64 bits per heavy atom. The molecule has 0 bridgehead atoms. The van der Waals surface area contributed by atoms with Crippen molar-refractivity contribution in [3.63, 3.8) is 0 Å². The van der Waals surface area contributed by atoms with Gasteiger partial charge in [-0.2, -0.15) is 4.79 Å². The number of ketones is 1. The summed E-state index contributed by atoms with van der Waals surface area (Å²) in [6.45, 7) is 3.00. The van der Waals surface area contributed by atoms with Crippen LogP contribution < -0.4 is 14.8 Å². The number of hydrogen-bond donors (Lipinski definition) is 2. The second kappa shape index (κ2) is 14.1. The van der Waals surface area contributed by atoms with Gasteiger partial charge in [0.25, 0.3) is 5.91 Å². The van der Waals surface area contributed by atoms with Gasteiger partial charge >= 0.3 is 6.08 Å². The van der Waals surface area contributed by atoms with Crippen LogP contribution >= 0.6 is 0 Å². The maximum atomic E-state index is 13.0. The second-order valence-corrected chi connectivity index (χ2v) is 10.8. The Hall–Kier alpha value is -4.18. The molecule has 0 saturated carbocycles. The quantitative estimate of drug-likeness (QED) is 0.179. The molecule has 1 aromatic heterocycles. The molecule has 39 heavy (non-hydrogen) atoms. The molecule has 0 saturated heterocycles. The fraction of sp³-hybridized carbons (Fsp3) is 0.286. The first kappa shape index (κ1) is 29.4. The number of para-hydroxylation sites is 1. The maximum Gasteiger partial charge on any atom is 0.431 e. The van der Waals surface area contributed by atoms with Gasteiger partial charge in [0.1, 0.15) is 17.3 Å². The van der Waals surface area contributed by atoms with Crippen molar-refractivity contribution in [2.24, 2.45) is 5.92 Å². The number of sulfonamides is 1. The van der Waals surface area contributed by atoms with Crippen molar-refractivity contribution in [3.05, 3.63) is 84.7 Å². The topological polar surface area (TPSA) is 135 Å². The fourth-order valence-corrected chi connectivity index (χ4v) is 4.88. The summed E-state index contributed by atoms with van der Waals surface area (Å²) in [6.07, 6.45) is 5.09. The molecule has 2 aromatic carbocycles. The molecule has 0 radical (unpaired) electrons. The van der Waals surface area contributed by atoms with E-state index in [1.54, 1.807) is 30.3 Å². The average Bonchev–Trinajstić information content (AvgIpc) is 2.94. The van der Waals surface area contributed by atoms with Gasteiger partial charge in [0.05, 0.1) is 13.1 Å². The van der Waals surface area contributed by atoms with E-state index in [1.165, 1.54) is 24.5 Å². The molecule has 0 aliphatic heterocycles. The van der Waals surface area contributed by atoms with E-state index in [-0.39, 0.29) is 23.2 Å². The Labute approximate surface area is 227 Å². The van der Waals surface area contributed by atoms with Crippen LogP contribution in [0.25, 0.3) is 0 Å². The van der Waals surface area contributed by atoms with Gasteiger partial charge in [-0.25, -0.2) is 13.1 Å². The van der Waals surface area contributed by atoms with E-state index < -0.39 is 40.8 Å². The van der Waals surface area contributed by atoms with Crippen LogP contribution in [0.4, 0.5) is 5.69 Å². The lowest BCUT2D eigenvalue weighted by Gasteiger charge is -2.15. The molecule has 204 valence electrons. The van der Waals surface area contributed by atoms with E-state index in [0.717, 1.165) is 10.1 Å². The number of pyridine rings is 1. The number of nitrogens with zero attached hydrogens (tertiary/aromatic N) is 2. The first-order valence-corrected chi connectivity index (χ1v) is 13.8. The zero-order chi connectivity index (χ0) is 28.3. The smallest absolute Gasteiger partial charge is 0.431 e. The lowest BCUT2D eigenvalue weighted by molar-refractivity contribution is -0.470. The van der Waals surface area contributed by atoms with Gasteiger partial charge in [0.15, 0.2) is 5.78 Å². The molecule has 1 atom stereocenters. The largest absolute Gasteiger partial charge is 0.487 e. The normalized spacial score (nSPS) is 11.9. The summed E-state index contributed by atoms with van der Waals surface area (Å²) in [5.74, 6) is -0.916. The first-order chi connectivity index (χ1) is 18.7. The maximum absolute atomic E-state index is 13.0. The van der Waals surface area contributed by atoms with Gasteiger partial charge in [0, 0.05) is 30.9 Å². The zero-order valence-electron chi connectivity index (χ0n) is 21.7. The van der Waals surface area contributed by atoms with Crippen molar-refractivity contribution in [2.45, 2.75) is 37.8 Å². The van der Waals surface area contributed by atoms with E-state index in [2.05, 4.69) is 15.0 Å². The molecule has 3 aromatic rings. The van der Waals surface area contributed by atoms with Crippen molar-refractivity contribution < 1.29 is 32.1 Å². The van der Waals surface area contributed by atoms with E-state index in [9.17, 15) is 22.8 Å². The molecule has 2 N–H and O–H groups in total. The molecule has 0 spiro atoms. The van der Waals surface area contributed by atoms with Gasteiger partial charge in [-0.05, 0) is 23.6 Å². The number of carbonyl (C=O) groups is 2. The highest BCUT2D eigenvalue weighted by Gasteiger charge is 2.33. The molecule has 0 fully saturated rings. The fourth-order valence-electron chi connectivity index (χ4n) is 3.72.